The fourth-order valence-corrected chi connectivity index (χ4v) is 2.22. The monoisotopic (exact) mass is 300 g/mol. The van der Waals surface area contributed by atoms with Crippen LogP contribution in [-0.2, 0) is 14.3 Å². The molecule has 120 valence electrons. The number of aliphatic carboxylic acids is 1. The molecule has 1 saturated carbocycles. The van der Waals surface area contributed by atoms with E-state index in [1.54, 1.807) is 0 Å². The van der Waals surface area contributed by atoms with Crippen LogP contribution in [0.3, 0.4) is 0 Å². The van der Waals surface area contributed by atoms with Gasteiger partial charge in [0.05, 0.1) is 13.5 Å². The van der Waals surface area contributed by atoms with Crippen molar-refractivity contribution >= 4 is 18.0 Å². The number of ether oxygens (including phenoxy) is 1. The lowest BCUT2D eigenvalue weighted by atomic mass is 10.0. The topological polar surface area (TPSA) is 105 Å². The van der Waals surface area contributed by atoms with Crippen LogP contribution in [0.15, 0.2) is 0 Å². The molecule has 7 heteroatoms. The first-order valence-corrected chi connectivity index (χ1v) is 7.20. The molecular formula is C14H24N2O5. The highest BCUT2D eigenvalue weighted by Crippen LogP contribution is 2.34. The van der Waals surface area contributed by atoms with Crippen molar-refractivity contribution in [3.63, 3.8) is 0 Å². The van der Waals surface area contributed by atoms with Gasteiger partial charge >= 0.3 is 18.0 Å². The minimum atomic E-state index is -0.945. The molecule has 0 heterocycles. The molecule has 2 atom stereocenters. The van der Waals surface area contributed by atoms with Crippen molar-refractivity contribution in [2.75, 3.05) is 7.11 Å². The van der Waals surface area contributed by atoms with Gasteiger partial charge in [-0.15, -0.1) is 0 Å². The number of carbonyl (C=O) groups excluding carboxylic acids is 2. The summed E-state index contributed by atoms with van der Waals surface area (Å²) in [4.78, 5) is 34.4. The van der Waals surface area contributed by atoms with Gasteiger partial charge in [-0.25, -0.2) is 9.59 Å². The lowest BCUT2D eigenvalue weighted by Gasteiger charge is -2.21. The molecule has 0 aliphatic heterocycles. The summed E-state index contributed by atoms with van der Waals surface area (Å²) >= 11 is 0. The summed E-state index contributed by atoms with van der Waals surface area (Å²) in [5, 5.41) is 14.1. The Balaban J connectivity index is 2.54. The normalized spacial score (nSPS) is 17.0. The smallest absolute Gasteiger partial charge is 0.328 e. The number of urea groups is 1. The second-order valence-electron chi connectivity index (χ2n) is 5.86. The maximum atomic E-state index is 12.0. The molecule has 2 amide bonds. The Morgan fingerprint density at radius 2 is 1.86 bits per heavy atom. The van der Waals surface area contributed by atoms with Gasteiger partial charge in [0.25, 0.3) is 0 Å². The van der Waals surface area contributed by atoms with Crippen molar-refractivity contribution in [2.45, 2.75) is 51.6 Å². The molecule has 3 N–H and O–H groups in total. The lowest BCUT2D eigenvalue weighted by Crippen LogP contribution is -2.50. The van der Waals surface area contributed by atoms with E-state index in [9.17, 15) is 14.4 Å². The molecule has 0 radical (unpaired) electrons. The summed E-state index contributed by atoms with van der Waals surface area (Å²) < 4.78 is 4.67. The summed E-state index contributed by atoms with van der Waals surface area (Å²) in [5.41, 5.74) is 0. The molecule has 7 nitrogen and oxygen atoms in total. The highest BCUT2D eigenvalue weighted by atomic mass is 16.5. The number of methoxy groups -OCH3 is 1. The number of carboxylic acids is 1. The Kier molecular flexibility index (Phi) is 6.45. The third-order valence-electron chi connectivity index (χ3n) is 3.40. The summed E-state index contributed by atoms with van der Waals surface area (Å²) in [6.45, 7) is 3.87. The van der Waals surface area contributed by atoms with Crippen LogP contribution in [0.1, 0.15) is 39.5 Å². The van der Waals surface area contributed by atoms with Crippen LogP contribution < -0.4 is 10.6 Å². The van der Waals surface area contributed by atoms with Crippen LogP contribution >= 0.6 is 0 Å². The van der Waals surface area contributed by atoms with Crippen LogP contribution in [0.25, 0.3) is 0 Å². The van der Waals surface area contributed by atoms with E-state index in [0.717, 1.165) is 12.8 Å². The molecule has 1 aliphatic carbocycles. The molecule has 0 saturated heterocycles. The van der Waals surface area contributed by atoms with Gasteiger partial charge in [-0.2, -0.15) is 0 Å². The van der Waals surface area contributed by atoms with Crippen molar-refractivity contribution in [1.82, 2.24) is 10.6 Å². The zero-order valence-electron chi connectivity index (χ0n) is 12.7. The van der Waals surface area contributed by atoms with Gasteiger partial charge in [0.15, 0.2) is 0 Å². The molecule has 0 bridgehead atoms. The predicted octanol–water partition coefficient (Wildman–Crippen LogP) is 1.13. The van der Waals surface area contributed by atoms with Gasteiger partial charge in [0.1, 0.15) is 6.04 Å². The number of hydrogen-bond acceptors (Lipinski definition) is 4. The number of hydrogen-bond donors (Lipinski definition) is 3. The Morgan fingerprint density at radius 1 is 1.24 bits per heavy atom. The molecule has 0 aromatic carbocycles. The highest BCUT2D eigenvalue weighted by molar-refractivity contribution is 5.84. The largest absolute Gasteiger partial charge is 0.481 e. The first-order chi connectivity index (χ1) is 9.83. The van der Waals surface area contributed by atoms with Crippen molar-refractivity contribution in [2.24, 2.45) is 11.8 Å². The van der Waals surface area contributed by atoms with E-state index < -0.39 is 24.0 Å². The molecule has 21 heavy (non-hydrogen) atoms. The third kappa shape index (κ3) is 6.46. The van der Waals surface area contributed by atoms with Crippen molar-refractivity contribution in [3.8, 4) is 0 Å². The molecule has 2 unspecified atom stereocenters. The minimum absolute atomic E-state index is 0.106. The molecule has 1 rings (SSSR count). The van der Waals surface area contributed by atoms with E-state index in [-0.39, 0.29) is 24.3 Å². The van der Waals surface area contributed by atoms with Gasteiger partial charge in [-0.05, 0) is 31.1 Å². The van der Waals surface area contributed by atoms with Crippen molar-refractivity contribution < 1.29 is 24.2 Å². The van der Waals surface area contributed by atoms with Crippen molar-refractivity contribution in [1.29, 1.82) is 0 Å². The maximum absolute atomic E-state index is 12.0. The first-order valence-electron chi connectivity index (χ1n) is 7.20. The Labute approximate surface area is 124 Å². The predicted molar refractivity (Wildman–Crippen MR) is 75.7 cm³/mol. The second-order valence-corrected chi connectivity index (χ2v) is 5.86. The van der Waals surface area contributed by atoms with Crippen LogP contribution in [-0.4, -0.2) is 42.3 Å². The molecule has 0 spiro atoms. The van der Waals surface area contributed by atoms with Crippen LogP contribution in [0.2, 0.25) is 0 Å². The number of rotatable bonds is 8. The first kappa shape index (κ1) is 17.3. The average Bonchev–Trinajstić information content (AvgIpc) is 3.19. The van der Waals surface area contributed by atoms with Crippen LogP contribution in [0, 0.1) is 11.8 Å². The van der Waals surface area contributed by atoms with E-state index in [1.165, 1.54) is 7.11 Å². The second kappa shape index (κ2) is 7.85. The summed E-state index contributed by atoms with van der Waals surface area (Å²) in [6, 6.07) is -1.64. The fraction of sp³-hybridized carbons (Fsp3) is 0.786. The summed E-state index contributed by atoms with van der Waals surface area (Å²) in [6.07, 6.45) is 2.20. The fourth-order valence-electron chi connectivity index (χ4n) is 2.22. The van der Waals surface area contributed by atoms with E-state index >= 15 is 0 Å². The van der Waals surface area contributed by atoms with Gasteiger partial charge in [-0.3, -0.25) is 4.79 Å². The molecule has 0 aromatic heterocycles. The van der Waals surface area contributed by atoms with E-state index in [4.69, 9.17) is 5.11 Å². The third-order valence-corrected chi connectivity index (χ3v) is 3.40. The molecule has 0 aromatic rings. The van der Waals surface area contributed by atoms with Gasteiger partial charge in [-0.1, -0.05) is 13.8 Å². The van der Waals surface area contributed by atoms with Crippen LogP contribution in [0.5, 0.6) is 0 Å². The van der Waals surface area contributed by atoms with Crippen LogP contribution in [0.4, 0.5) is 4.79 Å². The van der Waals surface area contributed by atoms with Crippen molar-refractivity contribution in [3.05, 3.63) is 0 Å². The SMILES string of the molecule is COC(=O)C(CC(C)C)NC(=O)NC(CC(=O)O)C1CC1. The standard InChI is InChI=1S/C14H24N2O5/c1-8(2)6-11(13(19)21-3)16-14(20)15-10(7-12(17)18)9-4-5-9/h8-11H,4-7H2,1-3H3,(H,17,18)(H2,15,16,20). The number of nitrogens with one attached hydrogen (secondary N) is 2. The number of amides is 2. The highest BCUT2D eigenvalue weighted by Gasteiger charge is 2.34. The van der Waals surface area contributed by atoms with E-state index in [0.29, 0.717) is 6.42 Å². The summed E-state index contributed by atoms with van der Waals surface area (Å²) in [5.74, 6) is -1.01. The molecular weight excluding hydrogens is 276 g/mol. The van der Waals surface area contributed by atoms with Gasteiger partial charge in [0.2, 0.25) is 0 Å². The average molecular weight is 300 g/mol. The Hall–Kier alpha value is -1.79. The van der Waals surface area contributed by atoms with E-state index in [1.807, 2.05) is 13.8 Å². The summed E-state index contributed by atoms with van der Waals surface area (Å²) in [7, 11) is 1.27. The molecule has 1 aliphatic rings. The zero-order chi connectivity index (χ0) is 16.0. The Morgan fingerprint density at radius 3 is 2.29 bits per heavy atom. The Bertz CT molecular complexity index is 393. The maximum Gasteiger partial charge on any atom is 0.328 e. The lowest BCUT2D eigenvalue weighted by molar-refractivity contribution is -0.143. The zero-order valence-corrected chi connectivity index (χ0v) is 12.7. The number of carboxylic acid groups (broad SMARTS) is 1. The minimum Gasteiger partial charge on any atom is -0.481 e. The quantitative estimate of drug-likeness (QED) is 0.583. The number of carbonyl (C=O) groups is 3. The molecule has 1 fully saturated rings. The van der Waals surface area contributed by atoms with Gasteiger partial charge in [0, 0.05) is 6.04 Å². The van der Waals surface area contributed by atoms with E-state index in [2.05, 4.69) is 15.4 Å². The van der Waals surface area contributed by atoms with Gasteiger partial charge < -0.3 is 20.5 Å². The number of esters is 1.